The Labute approximate surface area is 200 Å². The number of rotatable bonds is 8. The first kappa shape index (κ1) is 23.9. The maximum Gasteiger partial charge on any atom is 0.313 e. The highest BCUT2D eigenvalue weighted by Gasteiger charge is 2.33. The number of hydrogen-bond donors (Lipinski definition) is 3. The Morgan fingerprint density at radius 3 is 2.68 bits per heavy atom. The van der Waals surface area contributed by atoms with Crippen molar-refractivity contribution in [2.24, 2.45) is 5.92 Å². The van der Waals surface area contributed by atoms with E-state index in [4.69, 9.17) is 0 Å². The van der Waals surface area contributed by atoms with E-state index in [-0.39, 0.29) is 17.5 Å². The van der Waals surface area contributed by atoms with Gasteiger partial charge in [-0.2, -0.15) is 0 Å². The van der Waals surface area contributed by atoms with Crippen molar-refractivity contribution in [3.63, 3.8) is 0 Å². The lowest BCUT2D eigenvalue weighted by atomic mass is 9.82. The summed E-state index contributed by atoms with van der Waals surface area (Å²) < 4.78 is 14.5. The lowest BCUT2D eigenvalue weighted by molar-refractivity contribution is -0.142. The van der Waals surface area contributed by atoms with Crippen LogP contribution in [0.1, 0.15) is 55.1 Å². The molecule has 0 radical (unpaired) electrons. The third-order valence-corrected chi connectivity index (χ3v) is 6.94. The lowest BCUT2D eigenvalue weighted by Crippen LogP contribution is -2.37. The van der Waals surface area contributed by atoms with Crippen LogP contribution >= 0.6 is 0 Å². The van der Waals surface area contributed by atoms with E-state index < -0.39 is 17.2 Å². The molecule has 5 nitrogen and oxygen atoms in total. The number of anilines is 1. The van der Waals surface area contributed by atoms with Gasteiger partial charge in [0.2, 0.25) is 0 Å². The number of carboxylic acid groups (broad SMARTS) is 1. The minimum Gasteiger partial charge on any atom is -0.481 e. The number of carboxylic acids is 1. The van der Waals surface area contributed by atoms with Crippen molar-refractivity contribution in [1.29, 1.82) is 0 Å². The molecule has 0 amide bonds. The molecule has 0 spiro atoms. The predicted octanol–water partition coefficient (Wildman–Crippen LogP) is 5.30. The van der Waals surface area contributed by atoms with Crippen LogP contribution in [0.3, 0.4) is 0 Å². The van der Waals surface area contributed by atoms with E-state index in [1.807, 2.05) is 18.3 Å². The highest BCUT2D eigenvalue weighted by atomic mass is 19.1. The molecule has 3 aromatic rings. The normalized spacial score (nSPS) is 17.4. The lowest BCUT2D eigenvalue weighted by Gasteiger charge is -2.33. The van der Waals surface area contributed by atoms with Crippen LogP contribution in [0.5, 0.6) is 0 Å². The molecule has 2 aromatic carbocycles. The Morgan fingerprint density at radius 2 is 1.94 bits per heavy atom. The zero-order chi connectivity index (χ0) is 24.3. The van der Waals surface area contributed by atoms with Crippen LogP contribution in [-0.4, -0.2) is 29.1 Å². The molecule has 0 aliphatic carbocycles. The molecule has 2 heterocycles. The van der Waals surface area contributed by atoms with Crippen LogP contribution in [0.2, 0.25) is 0 Å². The largest absolute Gasteiger partial charge is 0.481 e. The van der Waals surface area contributed by atoms with Crippen LogP contribution < -0.4 is 10.6 Å². The Kier molecular flexibility index (Phi) is 6.98. The summed E-state index contributed by atoms with van der Waals surface area (Å²) in [4.78, 5) is 16.3. The Hall–Kier alpha value is -3.25. The molecule has 4 rings (SSSR count). The number of halogens is 1. The Bertz CT molecular complexity index is 1150. The predicted molar refractivity (Wildman–Crippen MR) is 133 cm³/mol. The molecule has 0 fully saturated rings. The summed E-state index contributed by atoms with van der Waals surface area (Å²) in [5, 5.41) is 16.9. The quantitative estimate of drug-likeness (QED) is 0.424. The highest BCUT2D eigenvalue weighted by Crippen LogP contribution is 2.33. The standard InChI is InChI=1S/C28H32FN3O2/c1-18(20-11-12-23(29)22(14-20)28(2,3)27(33)34)16-32-26(19-8-5-4-6-9-19)21-15-25-24(31-17-21)10-7-13-30-25/h4-14,18,21,26,31-32H,15-17H2,1-3H3,(H,33,34)/t18?,21-,26-/m1/s1. The Balaban J connectivity index is 1.54. The third-order valence-electron chi connectivity index (χ3n) is 6.94. The summed E-state index contributed by atoms with van der Waals surface area (Å²) >= 11 is 0. The molecule has 6 heteroatoms. The van der Waals surface area contributed by atoms with E-state index in [0.717, 1.165) is 29.9 Å². The van der Waals surface area contributed by atoms with Gasteiger partial charge in [-0.3, -0.25) is 9.78 Å². The molecule has 3 N–H and O–H groups in total. The minimum absolute atomic E-state index is 0.0668. The van der Waals surface area contributed by atoms with Gasteiger partial charge in [0.1, 0.15) is 5.82 Å². The topological polar surface area (TPSA) is 74.2 Å². The SMILES string of the molecule is CC(CN[C@H](c1ccccc1)[C@H]1CNc2cccnc2C1)c1ccc(F)c(C(C)(C)C(=O)O)c1. The number of fused-ring (bicyclic) bond motifs is 1. The summed E-state index contributed by atoms with van der Waals surface area (Å²) in [6.07, 6.45) is 2.71. The molecule has 3 atom stereocenters. The van der Waals surface area contributed by atoms with E-state index in [0.29, 0.717) is 12.5 Å². The van der Waals surface area contributed by atoms with Gasteiger partial charge in [0.05, 0.1) is 16.8 Å². The molecule has 34 heavy (non-hydrogen) atoms. The smallest absolute Gasteiger partial charge is 0.313 e. The summed E-state index contributed by atoms with van der Waals surface area (Å²) in [6, 6.07) is 19.4. The monoisotopic (exact) mass is 461 g/mol. The van der Waals surface area contributed by atoms with Gasteiger partial charge >= 0.3 is 5.97 Å². The number of carbonyl (C=O) groups is 1. The molecule has 1 aliphatic rings. The minimum atomic E-state index is -1.30. The maximum atomic E-state index is 14.5. The fourth-order valence-electron chi connectivity index (χ4n) is 4.64. The second-order valence-corrected chi connectivity index (χ2v) is 9.71. The second kappa shape index (κ2) is 9.94. The van der Waals surface area contributed by atoms with Gasteiger partial charge in [0.15, 0.2) is 0 Å². The van der Waals surface area contributed by atoms with Crippen LogP contribution in [0.4, 0.5) is 10.1 Å². The van der Waals surface area contributed by atoms with E-state index in [2.05, 4.69) is 52.9 Å². The third kappa shape index (κ3) is 4.97. The number of aliphatic carboxylic acids is 1. The maximum absolute atomic E-state index is 14.5. The summed E-state index contributed by atoms with van der Waals surface area (Å²) in [5.41, 5.74) is 3.22. The van der Waals surface area contributed by atoms with Crippen molar-refractivity contribution in [3.05, 3.63) is 95.1 Å². The van der Waals surface area contributed by atoms with Crippen LogP contribution in [-0.2, 0) is 16.6 Å². The van der Waals surface area contributed by atoms with Gasteiger partial charge in [-0.15, -0.1) is 0 Å². The number of benzene rings is 2. The number of nitrogens with one attached hydrogen (secondary N) is 2. The molecule has 0 saturated carbocycles. The van der Waals surface area contributed by atoms with Gasteiger partial charge in [-0.25, -0.2) is 4.39 Å². The first-order valence-electron chi connectivity index (χ1n) is 11.8. The van der Waals surface area contributed by atoms with Gasteiger partial charge in [-0.1, -0.05) is 49.4 Å². The fourth-order valence-corrected chi connectivity index (χ4v) is 4.64. The van der Waals surface area contributed by atoms with Crippen molar-refractivity contribution in [3.8, 4) is 0 Å². The van der Waals surface area contributed by atoms with E-state index in [1.54, 1.807) is 12.1 Å². The molecule has 0 saturated heterocycles. The Morgan fingerprint density at radius 1 is 1.18 bits per heavy atom. The van der Waals surface area contributed by atoms with Crippen molar-refractivity contribution in [2.75, 3.05) is 18.4 Å². The van der Waals surface area contributed by atoms with Crippen LogP contribution in [0.25, 0.3) is 0 Å². The molecule has 1 aliphatic heterocycles. The average Bonchev–Trinajstić information content (AvgIpc) is 2.84. The molecule has 0 bridgehead atoms. The van der Waals surface area contributed by atoms with E-state index in [1.165, 1.54) is 25.5 Å². The summed E-state index contributed by atoms with van der Waals surface area (Å²) in [5.74, 6) is -1.15. The number of aromatic nitrogens is 1. The van der Waals surface area contributed by atoms with Gasteiger partial charge in [-0.05, 0) is 55.5 Å². The highest BCUT2D eigenvalue weighted by molar-refractivity contribution is 5.80. The van der Waals surface area contributed by atoms with Crippen LogP contribution in [0.15, 0.2) is 66.9 Å². The zero-order valence-electron chi connectivity index (χ0n) is 19.9. The van der Waals surface area contributed by atoms with Crippen molar-refractivity contribution in [1.82, 2.24) is 10.3 Å². The van der Waals surface area contributed by atoms with Crippen LogP contribution in [0, 0.1) is 11.7 Å². The second-order valence-electron chi connectivity index (χ2n) is 9.71. The number of hydrogen-bond acceptors (Lipinski definition) is 4. The summed E-state index contributed by atoms with van der Waals surface area (Å²) in [7, 11) is 0. The van der Waals surface area contributed by atoms with E-state index >= 15 is 0 Å². The zero-order valence-corrected chi connectivity index (χ0v) is 19.9. The van der Waals surface area contributed by atoms with Crippen molar-refractivity contribution in [2.45, 2.75) is 44.6 Å². The first-order chi connectivity index (χ1) is 16.3. The number of pyridine rings is 1. The molecule has 178 valence electrons. The number of nitrogens with zero attached hydrogens (tertiary/aromatic N) is 1. The van der Waals surface area contributed by atoms with Crippen molar-refractivity contribution < 1.29 is 14.3 Å². The fraction of sp³-hybridized carbons (Fsp3) is 0.357. The van der Waals surface area contributed by atoms with Gasteiger partial charge < -0.3 is 15.7 Å². The molecule has 1 unspecified atom stereocenters. The van der Waals surface area contributed by atoms with Gasteiger partial charge in [0.25, 0.3) is 0 Å². The molecular formula is C28H32FN3O2. The first-order valence-corrected chi connectivity index (χ1v) is 11.8. The van der Waals surface area contributed by atoms with Crippen molar-refractivity contribution >= 4 is 11.7 Å². The molecular weight excluding hydrogens is 429 g/mol. The van der Waals surface area contributed by atoms with E-state index in [9.17, 15) is 14.3 Å². The van der Waals surface area contributed by atoms with Gasteiger partial charge in [0, 0.05) is 36.8 Å². The average molecular weight is 462 g/mol. The molecule has 1 aromatic heterocycles. The summed E-state index contributed by atoms with van der Waals surface area (Å²) in [6.45, 7) is 6.66.